The van der Waals surface area contributed by atoms with E-state index in [9.17, 15) is 13.2 Å². The van der Waals surface area contributed by atoms with Gasteiger partial charge >= 0.3 is 6.18 Å². The molecule has 2 rings (SSSR count). The molecule has 0 bridgehead atoms. The second-order valence-electron chi connectivity index (χ2n) is 4.05. The van der Waals surface area contributed by atoms with E-state index in [2.05, 4.69) is 4.98 Å². The number of hydrogen-bond donors (Lipinski definition) is 1. The van der Waals surface area contributed by atoms with Gasteiger partial charge in [0.15, 0.2) is 11.7 Å². The number of hydrogen-bond acceptors (Lipinski definition) is 4. The SMILES string of the molecule is C[C@@H](SC[C@H](O)C(F)(F)F)c1nc2ccccc2o1. The van der Waals surface area contributed by atoms with E-state index in [0.717, 1.165) is 11.8 Å². The van der Waals surface area contributed by atoms with Crippen molar-refractivity contribution >= 4 is 22.9 Å². The average Bonchev–Trinajstić information content (AvgIpc) is 2.78. The first-order valence-corrected chi connectivity index (χ1v) is 6.64. The zero-order valence-electron chi connectivity index (χ0n) is 10.0. The lowest BCUT2D eigenvalue weighted by Crippen LogP contribution is -2.30. The Kier molecular flexibility index (Phi) is 4.05. The number of aliphatic hydroxyl groups is 1. The number of thioether (sulfide) groups is 1. The van der Waals surface area contributed by atoms with Crippen LogP contribution in [0.4, 0.5) is 13.2 Å². The Balaban J connectivity index is 2.02. The molecule has 104 valence electrons. The predicted octanol–water partition coefficient (Wildman–Crippen LogP) is 3.55. The van der Waals surface area contributed by atoms with Crippen molar-refractivity contribution in [3.05, 3.63) is 30.2 Å². The van der Waals surface area contributed by atoms with E-state index in [-0.39, 0.29) is 5.25 Å². The molecule has 0 saturated carbocycles. The van der Waals surface area contributed by atoms with Crippen LogP contribution in [-0.4, -0.2) is 28.1 Å². The minimum Gasteiger partial charge on any atom is -0.439 e. The van der Waals surface area contributed by atoms with Crippen LogP contribution in [0.3, 0.4) is 0 Å². The number of aliphatic hydroxyl groups excluding tert-OH is 1. The minimum atomic E-state index is -4.59. The number of aromatic nitrogens is 1. The van der Waals surface area contributed by atoms with Crippen molar-refractivity contribution in [3.8, 4) is 0 Å². The van der Waals surface area contributed by atoms with E-state index in [1.807, 2.05) is 0 Å². The summed E-state index contributed by atoms with van der Waals surface area (Å²) in [5, 5.41) is 8.57. The lowest BCUT2D eigenvalue weighted by Gasteiger charge is -2.15. The minimum absolute atomic E-state index is 0.357. The Morgan fingerprint density at radius 2 is 2.05 bits per heavy atom. The zero-order valence-corrected chi connectivity index (χ0v) is 10.8. The number of rotatable bonds is 4. The molecule has 0 aliphatic carbocycles. The highest BCUT2D eigenvalue weighted by Crippen LogP contribution is 2.32. The van der Waals surface area contributed by atoms with Crippen molar-refractivity contribution in [1.29, 1.82) is 0 Å². The predicted molar refractivity (Wildman–Crippen MR) is 66.9 cm³/mol. The summed E-state index contributed by atoms with van der Waals surface area (Å²) in [5.74, 6) is -0.0794. The highest BCUT2D eigenvalue weighted by atomic mass is 32.2. The molecule has 1 aromatic heterocycles. The molecule has 0 unspecified atom stereocenters. The lowest BCUT2D eigenvalue weighted by atomic mass is 10.3. The number of fused-ring (bicyclic) bond motifs is 1. The van der Waals surface area contributed by atoms with Crippen molar-refractivity contribution in [2.24, 2.45) is 0 Å². The Morgan fingerprint density at radius 1 is 1.37 bits per heavy atom. The quantitative estimate of drug-likeness (QED) is 0.936. The average molecular weight is 291 g/mol. The molecule has 0 radical (unpaired) electrons. The molecule has 19 heavy (non-hydrogen) atoms. The molecular weight excluding hydrogens is 279 g/mol. The summed E-state index contributed by atoms with van der Waals surface area (Å²) in [6, 6.07) is 7.11. The van der Waals surface area contributed by atoms with Crippen LogP contribution in [0.1, 0.15) is 18.1 Å². The molecule has 0 aliphatic heterocycles. The molecular formula is C12H12F3NO2S. The molecule has 7 heteroatoms. The van der Waals surface area contributed by atoms with Gasteiger partial charge in [-0.05, 0) is 19.1 Å². The zero-order chi connectivity index (χ0) is 14.0. The van der Waals surface area contributed by atoms with Gasteiger partial charge in [-0.2, -0.15) is 13.2 Å². The topological polar surface area (TPSA) is 46.3 Å². The van der Waals surface area contributed by atoms with E-state index < -0.39 is 18.0 Å². The van der Waals surface area contributed by atoms with Gasteiger partial charge in [-0.3, -0.25) is 0 Å². The Bertz CT molecular complexity index is 522. The normalized spacial score (nSPS) is 15.6. The molecule has 2 atom stereocenters. The van der Waals surface area contributed by atoms with E-state index in [4.69, 9.17) is 9.52 Å². The van der Waals surface area contributed by atoms with E-state index in [0.29, 0.717) is 17.0 Å². The third kappa shape index (κ3) is 3.42. The van der Waals surface area contributed by atoms with E-state index >= 15 is 0 Å². The lowest BCUT2D eigenvalue weighted by molar-refractivity contribution is -0.195. The molecule has 2 aromatic rings. The van der Waals surface area contributed by atoms with Crippen molar-refractivity contribution < 1.29 is 22.7 Å². The van der Waals surface area contributed by atoms with Crippen molar-refractivity contribution in [1.82, 2.24) is 4.98 Å². The van der Waals surface area contributed by atoms with E-state index in [1.165, 1.54) is 0 Å². The summed E-state index contributed by atoms with van der Waals surface area (Å²) < 4.78 is 42.0. The van der Waals surface area contributed by atoms with Gasteiger partial charge in [0.05, 0.1) is 5.25 Å². The van der Waals surface area contributed by atoms with Gasteiger partial charge in [-0.25, -0.2) is 4.98 Å². The van der Waals surface area contributed by atoms with Crippen molar-refractivity contribution in [3.63, 3.8) is 0 Å². The van der Waals surface area contributed by atoms with Crippen LogP contribution >= 0.6 is 11.8 Å². The highest BCUT2D eigenvalue weighted by molar-refractivity contribution is 7.99. The molecule has 0 aliphatic rings. The van der Waals surface area contributed by atoms with Gasteiger partial charge in [0.25, 0.3) is 0 Å². The molecule has 0 saturated heterocycles. The maximum absolute atomic E-state index is 12.2. The smallest absolute Gasteiger partial charge is 0.415 e. The Morgan fingerprint density at radius 3 is 2.68 bits per heavy atom. The fraction of sp³-hybridized carbons (Fsp3) is 0.417. The Labute approximate surface area is 111 Å². The van der Waals surface area contributed by atoms with Gasteiger partial charge in [0.1, 0.15) is 5.52 Å². The van der Waals surface area contributed by atoms with Crippen molar-refractivity contribution in [2.45, 2.75) is 24.5 Å². The second kappa shape index (κ2) is 5.42. The first-order valence-electron chi connectivity index (χ1n) is 5.60. The summed E-state index contributed by atoms with van der Waals surface area (Å²) in [4.78, 5) is 4.20. The molecule has 0 fully saturated rings. The molecule has 0 spiro atoms. The summed E-state index contributed by atoms with van der Waals surface area (Å²) >= 11 is 0.953. The number of benzene rings is 1. The van der Waals surface area contributed by atoms with Gasteiger partial charge in [-0.1, -0.05) is 12.1 Å². The second-order valence-corrected chi connectivity index (χ2v) is 5.43. The summed E-state index contributed by atoms with van der Waals surface area (Å²) in [5.41, 5.74) is 1.27. The molecule has 1 heterocycles. The fourth-order valence-electron chi connectivity index (χ4n) is 1.47. The maximum Gasteiger partial charge on any atom is 0.415 e. The monoisotopic (exact) mass is 291 g/mol. The van der Waals surface area contributed by atoms with Crippen LogP contribution in [0, 0.1) is 0 Å². The summed E-state index contributed by atoms with van der Waals surface area (Å²) in [7, 11) is 0. The van der Waals surface area contributed by atoms with Crippen LogP contribution in [0.25, 0.3) is 11.1 Å². The molecule has 3 nitrogen and oxygen atoms in total. The van der Waals surface area contributed by atoms with Crippen LogP contribution < -0.4 is 0 Å². The number of oxazole rings is 1. The number of para-hydroxylation sites is 2. The number of alkyl halides is 3. The van der Waals surface area contributed by atoms with E-state index in [1.54, 1.807) is 31.2 Å². The first kappa shape index (κ1) is 14.2. The largest absolute Gasteiger partial charge is 0.439 e. The third-order valence-corrected chi connectivity index (χ3v) is 3.75. The summed E-state index contributed by atoms with van der Waals surface area (Å²) in [6.45, 7) is 1.69. The summed E-state index contributed by atoms with van der Waals surface area (Å²) in [6.07, 6.45) is -6.92. The van der Waals surface area contributed by atoms with Crippen LogP contribution in [0.15, 0.2) is 28.7 Å². The first-order chi connectivity index (χ1) is 8.88. The standard InChI is InChI=1S/C12H12F3NO2S/c1-7(19-6-10(17)12(13,14)15)11-16-8-4-2-3-5-9(8)18-11/h2-5,7,10,17H,6H2,1H3/t7-,10+/m1/s1. The molecule has 0 amide bonds. The Hall–Kier alpha value is -1.21. The van der Waals surface area contributed by atoms with Gasteiger partial charge in [0, 0.05) is 5.75 Å². The van der Waals surface area contributed by atoms with Gasteiger partial charge < -0.3 is 9.52 Å². The van der Waals surface area contributed by atoms with Gasteiger partial charge in [-0.15, -0.1) is 11.8 Å². The van der Waals surface area contributed by atoms with Crippen LogP contribution in [-0.2, 0) is 0 Å². The highest BCUT2D eigenvalue weighted by Gasteiger charge is 2.38. The van der Waals surface area contributed by atoms with Crippen molar-refractivity contribution in [2.75, 3.05) is 5.75 Å². The fourth-order valence-corrected chi connectivity index (χ4v) is 2.37. The number of halogens is 3. The molecule has 1 aromatic carbocycles. The van der Waals surface area contributed by atoms with Crippen LogP contribution in [0.2, 0.25) is 0 Å². The van der Waals surface area contributed by atoms with Gasteiger partial charge in [0.2, 0.25) is 5.89 Å². The molecule has 1 N–H and O–H groups in total. The third-order valence-electron chi connectivity index (χ3n) is 2.54. The van der Waals surface area contributed by atoms with Crippen LogP contribution in [0.5, 0.6) is 0 Å². The maximum atomic E-state index is 12.2. The number of nitrogens with zero attached hydrogens (tertiary/aromatic N) is 1.